The Balaban J connectivity index is 3.88. The third kappa shape index (κ3) is 4.68. The zero-order valence-corrected chi connectivity index (χ0v) is 5.05. The van der Waals surface area contributed by atoms with E-state index in [-0.39, 0.29) is 0 Å². The number of aliphatic imine (C=N–C) groups is 1. The number of hydrogen-bond donors (Lipinski definition) is 0. The summed E-state index contributed by atoms with van der Waals surface area (Å²) in [6, 6.07) is 0. The predicted molar refractivity (Wildman–Crippen MR) is 38.1 cm³/mol. The van der Waals surface area contributed by atoms with E-state index in [1.165, 1.54) is 24.4 Å². The van der Waals surface area contributed by atoms with Crippen LogP contribution >= 0.6 is 0 Å². The highest BCUT2D eigenvalue weighted by molar-refractivity contribution is 5.70. The zero-order chi connectivity index (χ0) is 7.11. The van der Waals surface area contributed by atoms with Gasteiger partial charge in [-0.1, -0.05) is 25.3 Å². The van der Waals surface area contributed by atoms with E-state index in [0.29, 0.717) is 0 Å². The van der Waals surface area contributed by atoms with Gasteiger partial charge in [-0.2, -0.15) is 4.39 Å². The minimum absolute atomic E-state index is 0.565. The van der Waals surface area contributed by atoms with Gasteiger partial charge in [0.1, 0.15) is 0 Å². The second-order valence-corrected chi connectivity index (χ2v) is 1.24. The number of nitrogens with zero attached hydrogens (tertiary/aromatic N) is 1. The smallest absolute Gasteiger partial charge is 0.212 e. The van der Waals surface area contributed by atoms with E-state index < -0.39 is 5.95 Å². The quantitative estimate of drug-likeness (QED) is 0.311. The van der Waals surface area contributed by atoms with E-state index in [4.69, 9.17) is 0 Å². The van der Waals surface area contributed by atoms with Crippen LogP contribution in [0.15, 0.2) is 42.3 Å². The molecule has 9 heavy (non-hydrogen) atoms. The average Bonchev–Trinajstić information content (AvgIpc) is 1.85. The second-order valence-electron chi connectivity index (χ2n) is 1.24. The zero-order valence-electron chi connectivity index (χ0n) is 5.05. The Kier molecular flexibility index (Phi) is 4.32. The van der Waals surface area contributed by atoms with Crippen LogP contribution < -0.4 is 0 Å². The molecule has 0 bridgehead atoms. The molecule has 0 unspecified atom stereocenters. The lowest BCUT2D eigenvalue weighted by Gasteiger charge is -1.78. The molecular weight excluding hydrogens is 117 g/mol. The highest BCUT2D eigenvalue weighted by atomic mass is 19.1. The summed E-state index contributed by atoms with van der Waals surface area (Å²) in [6.07, 6.45) is 5.17. The number of rotatable bonds is 3. The summed E-state index contributed by atoms with van der Waals surface area (Å²) in [5, 5.41) is 0. The van der Waals surface area contributed by atoms with Crippen LogP contribution in [0.4, 0.5) is 4.39 Å². The summed E-state index contributed by atoms with van der Waals surface area (Å²) >= 11 is 0. The minimum atomic E-state index is -0.565. The molecule has 0 radical (unpaired) electrons. The molecule has 0 aromatic rings. The fourth-order valence-electron chi connectivity index (χ4n) is 0.264. The predicted octanol–water partition coefficient (Wildman–Crippen LogP) is 2.24. The fourth-order valence-corrected chi connectivity index (χ4v) is 0.264. The summed E-state index contributed by atoms with van der Waals surface area (Å²) in [7, 11) is 0. The normalized spacial score (nSPS) is 11.9. The standard InChI is InChI=1S/C7H8FN/c1-3-5-7(8)9-6-4-2/h3-6H,1-2H2/b7-5-,9-6?. The van der Waals surface area contributed by atoms with Crippen molar-refractivity contribution in [2.75, 3.05) is 0 Å². The van der Waals surface area contributed by atoms with Gasteiger partial charge in [0, 0.05) is 6.21 Å². The van der Waals surface area contributed by atoms with Gasteiger partial charge in [-0.15, -0.1) is 0 Å². The van der Waals surface area contributed by atoms with Crippen LogP contribution in [0.5, 0.6) is 0 Å². The first-order valence-corrected chi connectivity index (χ1v) is 2.44. The molecule has 0 fully saturated rings. The van der Waals surface area contributed by atoms with Crippen molar-refractivity contribution >= 4 is 6.21 Å². The molecule has 0 aromatic heterocycles. The molecule has 1 nitrogen and oxygen atoms in total. The van der Waals surface area contributed by atoms with Gasteiger partial charge in [0.25, 0.3) is 0 Å². The Labute approximate surface area is 53.9 Å². The first-order chi connectivity index (χ1) is 4.31. The van der Waals surface area contributed by atoms with Crippen molar-refractivity contribution in [2.45, 2.75) is 0 Å². The minimum Gasteiger partial charge on any atom is -0.228 e. The van der Waals surface area contributed by atoms with Crippen LogP contribution in [-0.2, 0) is 0 Å². The van der Waals surface area contributed by atoms with Crippen molar-refractivity contribution in [3.05, 3.63) is 37.3 Å². The van der Waals surface area contributed by atoms with E-state index in [2.05, 4.69) is 18.2 Å². The molecule has 0 atom stereocenters. The van der Waals surface area contributed by atoms with Crippen molar-refractivity contribution < 1.29 is 4.39 Å². The monoisotopic (exact) mass is 125 g/mol. The second kappa shape index (κ2) is 4.97. The van der Waals surface area contributed by atoms with Crippen molar-refractivity contribution in [3.8, 4) is 0 Å². The van der Waals surface area contributed by atoms with Crippen molar-refractivity contribution in [3.63, 3.8) is 0 Å². The molecule has 0 aliphatic heterocycles. The molecule has 0 aliphatic carbocycles. The van der Waals surface area contributed by atoms with Gasteiger partial charge in [-0.3, -0.25) is 0 Å². The highest BCUT2D eigenvalue weighted by Gasteiger charge is 1.79. The Morgan fingerprint density at radius 2 is 2.00 bits per heavy atom. The van der Waals surface area contributed by atoms with E-state index in [0.717, 1.165) is 0 Å². The SMILES string of the molecule is C=CC=N/C(F)=C\C=C. The van der Waals surface area contributed by atoms with E-state index in [9.17, 15) is 4.39 Å². The van der Waals surface area contributed by atoms with Gasteiger partial charge in [-0.05, 0) is 6.08 Å². The van der Waals surface area contributed by atoms with E-state index in [1.807, 2.05) is 0 Å². The van der Waals surface area contributed by atoms with Gasteiger partial charge in [0.15, 0.2) is 0 Å². The van der Waals surface area contributed by atoms with Crippen molar-refractivity contribution in [1.82, 2.24) is 0 Å². The third-order valence-electron chi connectivity index (χ3n) is 0.559. The maximum atomic E-state index is 12.1. The molecule has 0 saturated carbocycles. The van der Waals surface area contributed by atoms with Crippen LogP contribution in [0.1, 0.15) is 0 Å². The lowest BCUT2D eigenvalue weighted by atomic mass is 10.6. The lowest BCUT2D eigenvalue weighted by Crippen LogP contribution is -1.65. The van der Waals surface area contributed by atoms with Gasteiger partial charge in [0.2, 0.25) is 5.95 Å². The molecular formula is C7H8FN. The van der Waals surface area contributed by atoms with Crippen LogP contribution in [-0.4, -0.2) is 6.21 Å². The number of allylic oxidation sites excluding steroid dienone is 3. The Morgan fingerprint density at radius 1 is 1.33 bits per heavy atom. The molecule has 0 aromatic carbocycles. The molecule has 0 rings (SSSR count). The van der Waals surface area contributed by atoms with Crippen LogP contribution in [0.2, 0.25) is 0 Å². The molecule has 0 saturated heterocycles. The Bertz CT molecular complexity index is 156. The summed E-state index contributed by atoms with van der Waals surface area (Å²) in [6.45, 7) is 6.62. The van der Waals surface area contributed by atoms with Gasteiger partial charge in [0.05, 0.1) is 0 Å². The lowest BCUT2D eigenvalue weighted by molar-refractivity contribution is 0.630. The van der Waals surface area contributed by atoms with Crippen molar-refractivity contribution in [2.24, 2.45) is 4.99 Å². The average molecular weight is 125 g/mol. The largest absolute Gasteiger partial charge is 0.228 e. The van der Waals surface area contributed by atoms with E-state index >= 15 is 0 Å². The van der Waals surface area contributed by atoms with Gasteiger partial charge >= 0.3 is 0 Å². The van der Waals surface area contributed by atoms with Gasteiger partial charge in [-0.25, -0.2) is 4.99 Å². The first-order valence-electron chi connectivity index (χ1n) is 2.44. The Morgan fingerprint density at radius 3 is 2.44 bits per heavy atom. The maximum absolute atomic E-state index is 12.1. The fraction of sp³-hybridized carbons (Fsp3) is 0. The molecule has 0 N–H and O–H groups in total. The summed E-state index contributed by atoms with van der Waals surface area (Å²) in [5.74, 6) is -0.565. The molecule has 0 heterocycles. The van der Waals surface area contributed by atoms with Gasteiger partial charge < -0.3 is 0 Å². The molecule has 0 spiro atoms. The van der Waals surface area contributed by atoms with E-state index in [1.54, 1.807) is 0 Å². The number of hydrogen-bond acceptors (Lipinski definition) is 1. The highest BCUT2D eigenvalue weighted by Crippen LogP contribution is 1.95. The third-order valence-corrected chi connectivity index (χ3v) is 0.559. The maximum Gasteiger partial charge on any atom is 0.212 e. The Hall–Kier alpha value is -1.18. The molecule has 48 valence electrons. The van der Waals surface area contributed by atoms with Crippen LogP contribution in [0, 0.1) is 0 Å². The molecule has 2 heteroatoms. The topological polar surface area (TPSA) is 12.4 Å². The summed E-state index contributed by atoms with van der Waals surface area (Å²) in [4.78, 5) is 3.31. The number of halogens is 1. The molecule has 0 amide bonds. The van der Waals surface area contributed by atoms with Crippen LogP contribution in [0.3, 0.4) is 0 Å². The summed E-state index contributed by atoms with van der Waals surface area (Å²) in [5.41, 5.74) is 0. The first kappa shape index (κ1) is 7.82. The summed E-state index contributed by atoms with van der Waals surface area (Å²) < 4.78 is 12.1. The molecule has 0 aliphatic rings. The van der Waals surface area contributed by atoms with Crippen molar-refractivity contribution in [1.29, 1.82) is 0 Å². The van der Waals surface area contributed by atoms with Crippen LogP contribution in [0.25, 0.3) is 0 Å².